The van der Waals surface area contributed by atoms with Gasteiger partial charge in [0.2, 0.25) is 5.91 Å². The molecular weight excluding hydrogens is 166 g/mol. The van der Waals surface area contributed by atoms with E-state index in [0.717, 1.165) is 23.2 Å². The fraction of sp³-hybridized carbons (Fsp3) is 0.300. The number of rotatable bonds is 1. The SMILES string of the molecule is [O]Cc1ccc2c(c1)NC(=O)CC2. The number of fused-ring (bicyclic) bond motifs is 1. The molecule has 1 radical (unpaired) electrons. The number of hydrogen-bond acceptors (Lipinski definition) is 1. The molecule has 1 aliphatic rings. The topological polar surface area (TPSA) is 49.0 Å². The molecule has 1 heterocycles. The van der Waals surface area contributed by atoms with Crippen molar-refractivity contribution in [3.8, 4) is 0 Å². The molecule has 0 fully saturated rings. The molecule has 1 aliphatic heterocycles. The third-order valence-electron chi connectivity index (χ3n) is 2.24. The predicted octanol–water partition coefficient (Wildman–Crippen LogP) is 1.50. The minimum absolute atomic E-state index is 0.0375. The first-order valence-electron chi connectivity index (χ1n) is 4.29. The molecule has 0 spiro atoms. The van der Waals surface area contributed by atoms with Gasteiger partial charge in [-0.2, -0.15) is 0 Å². The predicted molar refractivity (Wildman–Crippen MR) is 47.8 cm³/mol. The number of carbonyl (C=O) groups excluding carboxylic acids is 1. The van der Waals surface area contributed by atoms with Gasteiger partial charge in [-0.05, 0) is 23.6 Å². The molecule has 13 heavy (non-hydrogen) atoms. The van der Waals surface area contributed by atoms with Crippen LogP contribution in [0.15, 0.2) is 18.2 Å². The summed E-state index contributed by atoms with van der Waals surface area (Å²) in [6.07, 6.45) is 1.32. The molecule has 67 valence electrons. The smallest absolute Gasteiger partial charge is 0.224 e. The van der Waals surface area contributed by atoms with E-state index < -0.39 is 0 Å². The number of anilines is 1. The second-order valence-corrected chi connectivity index (χ2v) is 3.18. The summed E-state index contributed by atoms with van der Waals surface area (Å²) in [6.45, 7) is -0.233. The maximum atomic E-state index is 11.0. The van der Waals surface area contributed by atoms with E-state index in [0.29, 0.717) is 6.42 Å². The first-order valence-corrected chi connectivity index (χ1v) is 4.29. The number of aryl methyl sites for hydroxylation is 1. The molecule has 0 atom stereocenters. The molecule has 1 aromatic rings. The van der Waals surface area contributed by atoms with Crippen LogP contribution in [0.5, 0.6) is 0 Å². The lowest BCUT2D eigenvalue weighted by molar-refractivity contribution is -0.116. The summed E-state index contributed by atoms with van der Waals surface area (Å²) in [5.74, 6) is 0.0375. The van der Waals surface area contributed by atoms with Gasteiger partial charge in [-0.3, -0.25) is 4.79 Å². The Morgan fingerprint density at radius 3 is 2.92 bits per heavy atom. The summed E-state index contributed by atoms with van der Waals surface area (Å²) in [5, 5.41) is 13.3. The minimum atomic E-state index is -0.233. The normalized spacial score (nSPS) is 15.0. The lowest BCUT2D eigenvalue weighted by atomic mass is 10.0. The van der Waals surface area contributed by atoms with Crippen LogP contribution in [0.1, 0.15) is 17.5 Å². The fourth-order valence-electron chi connectivity index (χ4n) is 1.51. The highest BCUT2D eigenvalue weighted by Crippen LogP contribution is 2.23. The van der Waals surface area contributed by atoms with Crippen molar-refractivity contribution in [2.45, 2.75) is 19.4 Å². The highest BCUT2D eigenvalue weighted by molar-refractivity contribution is 5.93. The van der Waals surface area contributed by atoms with E-state index in [-0.39, 0.29) is 12.5 Å². The van der Waals surface area contributed by atoms with Gasteiger partial charge in [-0.1, -0.05) is 12.1 Å². The Bertz CT molecular complexity index is 347. The largest absolute Gasteiger partial charge is 0.326 e. The quantitative estimate of drug-likeness (QED) is 0.692. The van der Waals surface area contributed by atoms with Gasteiger partial charge < -0.3 is 5.32 Å². The molecule has 0 unspecified atom stereocenters. The van der Waals surface area contributed by atoms with Crippen LogP contribution in [0.2, 0.25) is 0 Å². The molecule has 1 aromatic carbocycles. The van der Waals surface area contributed by atoms with E-state index in [4.69, 9.17) is 0 Å². The summed E-state index contributed by atoms with van der Waals surface area (Å²) in [4.78, 5) is 11.0. The monoisotopic (exact) mass is 176 g/mol. The van der Waals surface area contributed by atoms with Gasteiger partial charge in [0, 0.05) is 12.1 Å². The Morgan fingerprint density at radius 1 is 1.31 bits per heavy atom. The maximum absolute atomic E-state index is 11.0. The van der Waals surface area contributed by atoms with Gasteiger partial charge in [0.15, 0.2) is 0 Å². The first kappa shape index (κ1) is 8.26. The molecule has 2 rings (SSSR count). The molecule has 3 heteroatoms. The number of amides is 1. The van der Waals surface area contributed by atoms with E-state index in [1.807, 2.05) is 12.1 Å². The van der Waals surface area contributed by atoms with Crippen molar-refractivity contribution in [3.63, 3.8) is 0 Å². The molecule has 1 amide bonds. The van der Waals surface area contributed by atoms with Gasteiger partial charge in [0.1, 0.15) is 6.61 Å². The number of carbonyl (C=O) groups is 1. The van der Waals surface area contributed by atoms with Crippen LogP contribution in [0.25, 0.3) is 0 Å². The van der Waals surface area contributed by atoms with Crippen molar-refractivity contribution in [3.05, 3.63) is 29.3 Å². The van der Waals surface area contributed by atoms with Crippen molar-refractivity contribution in [1.29, 1.82) is 0 Å². The summed E-state index contributed by atoms with van der Waals surface area (Å²) in [5.41, 5.74) is 2.65. The third-order valence-corrected chi connectivity index (χ3v) is 2.24. The fourth-order valence-corrected chi connectivity index (χ4v) is 1.51. The molecule has 1 N–H and O–H groups in total. The van der Waals surface area contributed by atoms with E-state index in [9.17, 15) is 9.90 Å². The van der Waals surface area contributed by atoms with Crippen molar-refractivity contribution in [1.82, 2.24) is 0 Å². The lowest BCUT2D eigenvalue weighted by Gasteiger charge is -2.16. The van der Waals surface area contributed by atoms with Gasteiger partial charge in [-0.25, -0.2) is 5.11 Å². The van der Waals surface area contributed by atoms with Crippen LogP contribution in [-0.2, 0) is 22.9 Å². The summed E-state index contributed by atoms with van der Waals surface area (Å²) in [7, 11) is 0. The second-order valence-electron chi connectivity index (χ2n) is 3.18. The van der Waals surface area contributed by atoms with Gasteiger partial charge in [-0.15, -0.1) is 0 Å². The van der Waals surface area contributed by atoms with Gasteiger partial charge in [0.25, 0.3) is 0 Å². The van der Waals surface area contributed by atoms with Gasteiger partial charge >= 0.3 is 0 Å². The standard InChI is InChI=1S/C10H10NO2/c12-6-7-1-2-8-3-4-10(13)11-9(8)5-7/h1-2,5H,3-4,6H2,(H,11,13). The van der Waals surface area contributed by atoms with E-state index in [1.165, 1.54) is 0 Å². The molecule has 0 saturated heterocycles. The zero-order valence-electron chi connectivity index (χ0n) is 7.17. The first-order chi connectivity index (χ1) is 6.29. The summed E-state index contributed by atoms with van der Waals surface area (Å²) in [6, 6.07) is 5.50. The lowest BCUT2D eigenvalue weighted by Crippen LogP contribution is -2.18. The molecule has 0 bridgehead atoms. The average molecular weight is 176 g/mol. The Kier molecular flexibility index (Phi) is 2.02. The summed E-state index contributed by atoms with van der Waals surface area (Å²) < 4.78 is 0. The van der Waals surface area contributed by atoms with Crippen LogP contribution >= 0.6 is 0 Å². The Balaban J connectivity index is 2.38. The number of benzene rings is 1. The molecular formula is C10H10NO2. The van der Waals surface area contributed by atoms with E-state index >= 15 is 0 Å². The maximum Gasteiger partial charge on any atom is 0.224 e. The summed E-state index contributed by atoms with van der Waals surface area (Å²) >= 11 is 0. The van der Waals surface area contributed by atoms with E-state index in [2.05, 4.69) is 5.32 Å². The molecule has 0 aromatic heterocycles. The van der Waals surface area contributed by atoms with Crippen molar-refractivity contribution in [2.24, 2.45) is 0 Å². The van der Waals surface area contributed by atoms with Crippen molar-refractivity contribution < 1.29 is 9.90 Å². The number of hydrogen-bond donors (Lipinski definition) is 1. The van der Waals surface area contributed by atoms with Gasteiger partial charge in [0.05, 0.1) is 0 Å². The molecule has 3 nitrogen and oxygen atoms in total. The van der Waals surface area contributed by atoms with Crippen molar-refractivity contribution in [2.75, 3.05) is 5.32 Å². The number of nitrogens with one attached hydrogen (secondary N) is 1. The Labute approximate surface area is 76.4 Å². The van der Waals surface area contributed by atoms with Crippen molar-refractivity contribution >= 4 is 11.6 Å². The average Bonchev–Trinajstić information content (AvgIpc) is 2.16. The molecule has 0 aliphatic carbocycles. The third kappa shape index (κ3) is 1.55. The highest BCUT2D eigenvalue weighted by Gasteiger charge is 2.14. The Hall–Kier alpha value is -1.35. The van der Waals surface area contributed by atoms with Crippen LogP contribution in [0.4, 0.5) is 5.69 Å². The highest BCUT2D eigenvalue weighted by atomic mass is 16.3. The Morgan fingerprint density at radius 2 is 2.15 bits per heavy atom. The van der Waals surface area contributed by atoms with Crippen LogP contribution < -0.4 is 5.32 Å². The van der Waals surface area contributed by atoms with E-state index in [1.54, 1.807) is 6.07 Å². The minimum Gasteiger partial charge on any atom is -0.326 e. The second kappa shape index (κ2) is 3.18. The zero-order chi connectivity index (χ0) is 9.26. The van der Waals surface area contributed by atoms with Crippen LogP contribution in [0, 0.1) is 0 Å². The van der Waals surface area contributed by atoms with Crippen LogP contribution in [-0.4, -0.2) is 5.91 Å². The molecule has 0 saturated carbocycles. The zero-order valence-corrected chi connectivity index (χ0v) is 7.17. The van der Waals surface area contributed by atoms with Crippen LogP contribution in [0.3, 0.4) is 0 Å².